The second-order valence-electron chi connectivity index (χ2n) is 4.92. The lowest BCUT2D eigenvalue weighted by Gasteiger charge is -2.36. The molecule has 106 valence electrons. The molecule has 3 nitrogen and oxygen atoms in total. The first-order chi connectivity index (χ1) is 8.79. The number of rotatable bonds is 8. The standard InChI is InChI=1S/C14H27NO2S/c1-3-11-18-12-14(16)15-9-5-4-7-13(15)8-6-10-17-2/h13H,3-12H2,1-2H3. The van der Waals surface area contributed by atoms with Crippen molar-refractivity contribution in [3.8, 4) is 0 Å². The van der Waals surface area contributed by atoms with Gasteiger partial charge in [0, 0.05) is 26.3 Å². The monoisotopic (exact) mass is 273 g/mol. The van der Waals surface area contributed by atoms with Gasteiger partial charge in [0.25, 0.3) is 0 Å². The van der Waals surface area contributed by atoms with E-state index in [1.807, 2.05) is 0 Å². The number of thioether (sulfide) groups is 1. The van der Waals surface area contributed by atoms with Crippen molar-refractivity contribution in [1.82, 2.24) is 4.90 Å². The van der Waals surface area contributed by atoms with E-state index in [0.29, 0.717) is 17.7 Å². The predicted octanol–water partition coefficient (Wildman–Crippen LogP) is 2.94. The van der Waals surface area contributed by atoms with Crippen molar-refractivity contribution in [3.05, 3.63) is 0 Å². The molecule has 0 bridgehead atoms. The maximum absolute atomic E-state index is 12.2. The van der Waals surface area contributed by atoms with E-state index in [2.05, 4.69) is 11.8 Å². The lowest BCUT2D eigenvalue weighted by atomic mass is 9.98. The van der Waals surface area contributed by atoms with Crippen LogP contribution in [0.4, 0.5) is 0 Å². The minimum absolute atomic E-state index is 0.343. The maximum atomic E-state index is 12.2. The molecule has 0 aromatic rings. The molecule has 4 heteroatoms. The van der Waals surface area contributed by atoms with Crippen LogP contribution in [0.3, 0.4) is 0 Å². The van der Waals surface area contributed by atoms with Gasteiger partial charge in [-0.1, -0.05) is 6.92 Å². The van der Waals surface area contributed by atoms with E-state index in [-0.39, 0.29) is 0 Å². The fourth-order valence-electron chi connectivity index (χ4n) is 2.48. The first-order valence-electron chi connectivity index (χ1n) is 7.15. The number of likely N-dealkylation sites (tertiary alicyclic amines) is 1. The number of hydrogen-bond acceptors (Lipinski definition) is 3. The van der Waals surface area contributed by atoms with E-state index in [1.165, 1.54) is 19.3 Å². The lowest BCUT2D eigenvalue weighted by molar-refractivity contribution is -0.132. The quantitative estimate of drug-likeness (QED) is 0.637. The van der Waals surface area contributed by atoms with Crippen molar-refractivity contribution in [2.45, 2.75) is 51.5 Å². The van der Waals surface area contributed by atoms with Gasteiger partial charge in [-0.2, -0.15) is 11.8 Å². The highest BCUT2D eigenvalue weighted by Gasteiger charge is 2.25. The minimum Gasteiger partial charge on any atom is -0.385 e. The number of methoxy groups -OCH3 is 1. The molecule has 1 atom stereocenters. The molecule has 1 rings (SSSR count). The van der Waals surface area contributed by atoms with E-state index in [9.17, 15) is 4.79 Å². The van der Waals surface area contributed by atoms with Crippen LogP contribution in [0.25, 0.3) is 0 Å². The number of carbonyl (C=O) groups is 1. The van der Waals surface area contributed by atoms with Crippen molar-refractivity contribution in [1.29, 1.82) is 0 Å². The molecule has 0 aliphatic carbocycles. The second kappa shape index (κ2) is 9.68. The van der Waals surface area contributed by atoms with Crippen LogP contribution in [0.5, 0.6) is 0 Å². The Morgan fingerprint density at radius 2 is 2.28 bits per heavy atom. The third-order valence-corrected chi connectivity index (χ3v) is 4.56. The lowest BCUT2D eigenvalue weighted by Crippen LogP contribution is -2.44. The van der Waals surface area contributed by atoms with Gasteiger partial charge >= 0.3 is 0 Å². The summed E-state index contributed by atoms with van der Waals surface area (Å²) in [6.45, 7) is 3.93. The smallest absolute Gasteiger partial charge is 0.232 e. The molecule has 1 saturated heterocycles. The van der Waals surface area contributed by atoms with Crippen LogP contribution in [0.1, 0.15) is 45.4 Å². The number of carbonyl (C=O) groups excluding carboxylic acids is 1. The molecule has 0 saturated carbocycles. The molecule has 18 heavy (non-hydrogen) atoms. The van der Waals surface area contributed by atoms with Gasteiger partial charge in [0.2, 0.25) is 5.91 Å². The van der Waals surface area contributed by atoms with Crippen molar-refractivity contribution in [3.63, 3.8) is 0 Å². The van der Waals surface area contributed by atoms with Crippen LogP contribution in [-0.4, -0.2) is 48.6 Å². The van der Waals surface area contributed by atoms with E-state index < -0.39 is 0 Å². The highest BCUT2D eigenvalue weighted by atomic mass is 32.2. The minimum atomic E-state index is 0.343. The van der Waals surface area contributed by atoms with E-state index in [1.54, 1.807) is 18.9 Å². The second-order valence-corrected chi connectivity index (χ2v) is 6.03. The van der Waals surface area contributed by atoms with E-state index in [0.717, 1.165) is 38.2 Å². The Bertz CT molecular complexity index is 236. The summed E-state index contributed by atoms with van der Waals surface area (Å²) >= 11 is 1.77. The first kappa shape index (κ1) is 15.8. The molecule has 1 aliphatic rings. The van der Waals surface area contributed by atoms with Gasteiger partial charge in [-0.05, 0) is 44.3 Å². The molecular weight excluding hydrogens is 246 g/mol. The summed E-state index contributed by atoms with van der Waals surface area (Å²) in [5.41, 5.74) is 0. The maximum Gasteiger partial charge on any atom is 0.232 e. The van der Waals surface area contributed by atoms with Crippen molar-refractivity contribution in [2.24, 2.45) is 0 Å². The molecule has 1 fully saturated rings. The first-order valence-corrected chi connectivity index (χ1v) is 8.31. The fraction of sp³-hybridized carbons (Fsp3) is 0.929. The number of piperidine rings is 1. The van der Waals surface area contributed by atoms with Crippen LogP contribution < -0.4 is 0 Å². The Balaban J connectivity index is 2.35. The topological polar surface area (TPSA) is 29.5 Å². The molecule has 1 aliphatic heterocycles. The number of hydrogen-bond donors (Lipinski definition) is 0. The molecule has 1 heterocycles. The van der Waals surface area contributed by atoms with Crippen LogP contribution in [-0.2, 0) is 9.53 Å². The van der Waals surface area contributed by atoms with Crippen LogP contribution in [0, 0.1) is 0 Å². The predicted molar refractivity (Wildman–Crippen MR) is 78.1 cm³/mol. The number of nitrogens with zero attached hydrogens (tertiary/aromatic N) is 1. The summed E-state index contributed by atoms with van der Waals surface area (Å²) in [4.78, 5) is 14.3. The van der Waals surface area contributed by atoms with Gasteiger partial charge in [0.05, 0.1) is 5.75 Å². The van der Waals surface area contributed by atoms with Crippen molar-refractivity contribution in [2.75, 3.05) is 31.8 Å². The normalized spacial score (nSPS) is 20.1. The summed E-state index contributed by atoms with van der Waals surface area (Å²) in [5, 5.41) is 0. The van der Waals surface area contributed by atoms with Crippen LogP contribution in [0.15, 0.2) is 0 Å². The van der Waals surface area contributed by atoms with Gasteiger partial charge in [-0.25, -0.2) is 0 Å². The van der Waals surface area contributed by atoms with Gasteiger partial charge in [0.1, 0.15) is 0 Å². The summed E-state index contributed by atoms with van der Waals surface area (Å²) in [6, 6.07) is 0.462. The molecule has 0 radical (unpaired) electrons. The summed E-state index contributed by atoms with van der Waals surface area (Å²) < 4.78 is 5.10. The molecule has 0 spiro atoms. The van der Waals surface area contributed by atoms with Gasteiger partial charge in [-0.3, -0.25) is 4.79 Å². The Morgan fingerprint density at radius 3 is 3.00 bits per heavy atom. The highest BCUT2D eigenvalue weighted by Crippen LogP contribution is 2.22. The molecular formula is C14H27NO2S. The SMILES string of the molecule is CCCSCC(=O)N1CCCCC1CCCOC. The molecule has 0 aromatic carbocycles. The molecule has 0 N–H and O–H groups in total. The zero-order valence-electron chi connectivity index (χ0n) is 11.8. The largest absolute Gasteiger partial charge is 0.385 e. The Morgan fingerprint density at radius 1 is 1.44 bits per heavy atom. The Hall–Kier alpha value is -0.220. The summed E-state index contributed by atoms with van der Waals surface area (Å²) in [7, 11) is 1.74. The average Bonchev–Trinajstić information content (AvgIpc) is 2.40. The molecule has 1 unspecified atom stereocenters. The zero-order valence-corrected chi connectivity index (χ0v) is 12.6. The van der Waals surface area contributed by atoms with Crippen molar-refractivity contribution < 1.29 is 9.53 Å². The Kier molecular flexibility index (Phi) is 8.51. The van der Waals surface area contributed by atoms with E-state index >= 15 is 0 Å². The van der Waals surface area contributed by atoms with Crippen molar-refractivity contribution >= 4 is 17.7 Å². The third kappa shape index (κ3) is 5.61. The van der Waals surface area contributed by atoms with Gasteiger partial charge in [0.15, 0.2) is 0 Å². The van der Waals surface area contributed by atoms with Crippen LogP contribution >= 0.6 is 11.8 Å². The average molecular weight is 273 g/mol. The van der Waals surface area contributed by atoms with Gasteiger partial charge < -0.3 is 9.64 Å². The summed E-state index contributed by atoms with van der Waals surface area (Å²) in [5.74, 6) is 2.10. The van der Waals surface area contributed by atoms with Gasteiger partial charge in [-0.15, -0.1) is 0 Å². The molecule has 0 aromatic heterocycles. The van der Waals surface area contributed by atoms with E-state index in [4.69, 9.17) is 4.74 Å². The Labute approximate surface area is 116 Å². The highest BCUT2D eigenvalue weighted by molar-refractivity contribution is 7.99. The zero-order chi connectivity index (χ0) is 13.2. The number of ether oxygens (including phenoxy) is 1. The molecule has 1 amide bonds. The fourth-order valence-corrected chi connectivity index (χ4v) is 3.25. The van der Waals surface area contributed by atoms with Crippen LogP contribution in [0.2, 0.25) is 0 Å². The number of amides is 1. The summed E-state index contributed by atoms with van der Waals surface area (Å²) in [6.07, 6.45) is 6.92. The third-order valence-electron chi connectivity index (χ3n) is 3.41.